The summed E-state index contributed by atoms with van der Waals surface area (Å²) in [6, 6.07) is 17.9. The highest BCUT2D eigenvalue weighted by Crippen LogP contribution is 2.28. The van der Waals surface area contributed by atoms with Crippen LogP contribution in [-0.2, 0) is 9.59 Å². The zero-order valence-corrected chi connectivity index (χ0v) is 19.5. The van der Waals surface area contributed by atoms with E-state index in [-0.39, 0.29) is 24.1 Å². The van der Waals surface area contributed by atoms with Crippen molar-refractivity contribution in [2.75, 3.05) is 28.8 Å². The molecule has 176 valence electrons. The van der Waals surface area contributed by atoms with Crippen molar-refractivity contribution < 1.29 is 19.1 Å². The normalized spacial score (nSPS) is 15.3. The van der Waals surface area contributed by atoms with Crippen LogP contribution in [-0.4, -0.2) is 35.5 Å². The highest BCUT2D eigenvalue weighted by atomic mass is 16.5. The van der Waals surface area contributed by atoms with Crippen LogP contribution in [0, 0.1) is 19.8 Å². The zero-order valence-electron chi connectivity index (χ0n) is 19.5. The number of rotatable bonds is 7. The molecule has 0 unspecified atom stereocenters. The van der Waals surface area contributed by atoms with Gasteiger partial charge >= 0.3 is 0 Å². The molecular formula is C26H28N4O4. The fourth-order valence-electron chi connectivity index (χ4n) is 4.02. The van der Waals surface area contributed by atoms with Gasteiger partial charge in [0.25, 0.3) is 5.91 Å². The summed E-state index contributed by atoms with van der Waals surface area (Å²) in [6.45, 7) is 6.59. The maximum atomic E-state index is 12.9. The Kier molecular flexibility index (Phi) is 6.67. The first kappa shape index (κ1) is 23.1. The van der Waals surface area contributed by atoms with Gasteiger partial charge in [-0.2, -0.15) is 0 Å². The molecule has 8 heteroatoms. The van der Waals surface area contributed by atoms with Crippen LogP contribution < -0.4 is 20.4 Å². The Hall–Kier alpha value is -4.07. The quantitative estimate of drug-likeness (QED) is 0.560. The van der Waals surface area contributed by atoms with Crippen LogP contribution in [0.2, 0.25) is 0 Å². The lowest BCUT2D eigenvalue weighted by atomic mass is 10.1. The summed E-state index contributed by atoms with van der Waals surface area (Å²) < 4.78 is 7.16. The van der Waals surface area contributed by atoms with Crippen LogP contribution in [0.4, 0.5) is 11.4 Å². The van der Waals surface area contributed by atoms with E-state index in [1.165, 1.54) is 0 Å². The van der Waals surface area contributed by atoms with Gasteiger partial charge in [-0.25, -0.2) is 0 Å². The van der Waals surface area contributed by atoms with Crippen molar-refractivity contribution in [2.24, 2.45) is 5.92 Å². The average molecular weight is 461 g/mol. The third-order valence-corrected chi connectivity index (χ3v) is 5.83. The molecule has 0 aliphatic carbocycles. The third-order valence-electron chi connectivity index (χ3n) is 5.83. The standard InChI is InChI=1S/C26H28N4O4/c1-4-34-23-12-10-22(11-13-23)29-16-20(15-24(29)31)25(32)27-21-7-5-6-19(14-21)26(33)28-30-17(2)8-9-18(30)3/h5-14,20H,4,15-16H2,1-3H3,(H,27,32)(H,28,33)/t20-/m1/s1. The molecular weight excluding hydrogens is 432 g/mol. The lowest BCUT2D eigenvalue weighted by Crippen LogP contribution is -2.28. The van der Waals surface area contributed by atoms with E-state index in [0.29, 0.717) is 24.4 Å². The SMILES string of the molecule is CCOc1ccc(N2C[C@H](C(=O)Nc3cccc(C(=O)Nn4c(C)ccc4C)c3)CC2=O)cc1. The Labute approximate surface area is 198 Å². The predicted molar refractivity (Wildman–Crippen MR) is 131 cm³/mol. The van der Waals surface area contributed by atoms with Gasteiger partial charge in [0.2, 0.25) is 11.8 Å². The number of nitrogens with zero attached hydrogens (tertiary/aromatic N) is 2. The van der Waals surface area contributed by atoms with E-state index >= 15 is 0 Å². The summed E-state index contributed by atoms with van der Waals surface area (Å²) in [6.07, 6.45) is 0.130. The van der Waals surface area contributed by atoms with E-state index in [0.717, 1.165) is 22.8 Å². The number of benzene rings is 2. The number of aromatic nitrogens is 1. The summed E-state index contributed by atoms with van der Waals surface area (Å²) in [4.78, 5) is 39.8. The molecule has 34 heavy (non-hydrogen) atoms. The van der Waals surface area contributed by atoms with Gasteiger partial charge in [0, 0.05) is 41.3 Å². The van der Waals surface area contributed by atoms with Gasteiger partial charge in [0.1, 0.15) is 5.75 Å². The second-order valence-corrected chi connectivity index (χ2v) is 8.29. The molecule has 3 aromatic rings. The van der Waals surface area contributed by atoms with E-state index in [1.807, 2.05) is 57.2 Å². The number of anilines is 2. The Morgan fingerprint density at radius 2 is 1.74 bits per heavy atom. The second-order valence-electron chi connectivity index (χ2n) is 8.29. The Bertz CT molecular complexity index is 1200. The number of carbonyl (C=O) groups is 3. The Balaban J connectivity index is 1.40. The number of aryl methyl sites for hydroxylation is 2. The van der Waals surface area contributed by atoms with E-state index in [2.05, 4.69) is 10.7 Å². The van der Waals surface area contributed by atoms with Crippen molar-refractivity contribution in [3.63, 3.8) is 0 Å². The smallest absolute Gasteiger partial charge is 0.270 e. The van der Waals surface area contributed by atoms with Gasteiger partial charge in [-0.1, -0.05) is 6.07 Å². The molecule has 1 fully saturated rings. The van der Waals surface area contributed by atoms with Crippen LogP contribution >= 0.6 is 0 Å². The summed E-state index contributed by atoms with van der Waals surface area (Å²) in [5.41, 5.74) is 6.35. The van der Waals surface area contributed by atoms with Gasteiger partial charge in [-0.15, -0.1) is 0 Å². The van der Waals surface area contributed by atoms with Crippen LogP contribution in [0.5, 0.6) is 5.75 Å². The monoisotopic (exact) mass is 460 g/mol. The van der Waals surface area contributed by atoms with Crippen molar-refractivity contribution in [1.29, 1.82) is 0 Å². The predicted octanol–water partition coefficient (Wildman–Crippen LogP) is 3.88. The van der Waals surface area contributed by atoms with Crippen molar-refractivity contribution in [2.45, 2.75) is 27.2 Å². The van der Waals surface area contributed by atoms with Gasteiger partial charge in [0.15, 0.2) is 0 Å². The molecule has 8 nitrogen and oxygen atoms in total. The number of carbonyl (C=O) groups excluding carboxylic acids is 3. The van der Waals surface area contributed by atoms with Crippen molar-refractivity contribution in [3.8, 4) is 5.75 Å². The highest BCUT2D eigenvalue weighted by Gasteiger charge is 2.35. The molecule has 1 atom stereocenters. The first-order valence-corrected chi connectivity index (χ1v) is 11.3. The number of hydrogen-bond acceptors (Lipinski definition) is 4. The van der Waals surface area contributed by atoms with Gasteiger partial charge in [0.05, 0.1) is 12.5 Å². The summed E-state index contributed by atoms with van der Waals surface area (Å²) in [5, 5.41) is 2.85. The first-order chi connectivity index (χ1) is 16.4. The molecule has 2 heterocycles. The number of ether oxygens (including phenoxy) is 1. The molecule has 1 aromatic heterocycles. The molecule has 2 aromatic carbocycles. The lowest BCUT2D eigenvalue weighted by molar-refractivity contribution is -0.122. The van der Waals surface area contributed by atoms with Crippen molar-refractivity contribution >= 4 is 29.1 Å². The number of amides is 3. The Morgan fingerprint density at radius 1 is 1.03 bits per heavy atom. The van der Waals surface area contributed by atoms with Gasteiger partial charge in [-0.05, 0) is 75.4 Å². The van der Waals surface area contributed by atoms with Crippen LogP contribution in [0.25, 0.3) is 0 Å². The molecule has 1 aliphatic heterocycles. The Morgan fingerprint density at radius 3 is 2.41 bits per heavy atom. The average Bonchev–Trinajstić information content (AvgIpc) is 3.37. The van der Waals surface area contributed by atoms with Gasteiger partial charge in [-0.3, -0.25) is 24.5 Å². The summed E-state index contributed by atoms with van der Waals surface area (Å²) in [5.74, 6) is -0.387. The molecule has 3 amide bonds. The molecule has 0 spiro atoms. The fraction of sp³-hybridized carbons (Fsp3) is 0.269. The molecule has 1 saturated heterocycles. The molecule has 2 N–H and O–H groups in total. The maximum absolute atomic E-state index is 12.9. The summed E-state index contributed by atoms with van der Waals surface area (Å²) >= 11 is 0. The number of hydrogen-bond donors (Lipinski definition) is 2. The minimum absolute atomic E-state index is 0.102. The fourth-order valence-corrected chi connectivity index (χ4v) is 4.02. The van der Waals surface area contributed by atoms with Crippen LogP contribution in [0.15, 0.2) is 60.7 Å². The van der Waals surface area contributed by atoms with E-state index < -0.39 is 5.92 Å². The van der Waals surface area contributed by atoms with Crippen molar-refractivity contribution in [3.05, 3.63) is 77.6 Å². The molecule has 0 radical (unpaired) electrons. The van der Waals surface area contributed by atoms with Gasteiger partial charge < -0.3 is 15.0 Å². The maximum Gasteiger partial charge on any atom is 0.270 e. The van der Waals surface area contributed by atoms with Crippen LogP contribution in [0.3, 0.4) is 0 Å². The second kappa shape index (κ2) is 9.82. The van der Waals surface area contributed by atoms with Crippen LogP contribution in [0.1, 0.15) is 35.1 Å². The molecule has 0 bridgehead atoms. The van der Waals surface area contributed by atoms with E-state index in [1.54, 1.807) is 33.8 Å². The topological polar surface area (TPSA) is 92.7 Å². The van der Waals surface area contributed by atoms with E-state index in [4.69, 9.17) is 4.74 Å². The summed E-state index contributed by atoms with van der Waals surface area (Å²) in [7, 11) is 0. The molecule has 0 saturated carbocycles. The minimum Gasteiger partial charge on any atom is -0.494 e. The zero-order chi connectivity index (χ0) is 24.2. The minimum atomic E-state index is -0.485. The highest BCUT2D eigenvalue weighted by molar-refractivity contribution is 6.05. The number of nitrogens with one attached hydrogen (secondary N) is 2. The van der Waals surface area contributed by atoms with E-state index in [9.17, 15) is 14.4 Å². The first-order valence-electron chi connectivity index (χ1n) is 11.3. The third kappa shape index (κ3) is 4.96. The lowest BCUT2D eigenvalue weighted by Gasteiger charge is -2.17. The molecule has 1 aliphatic rings. The molecule has 4 rings (SSSR count). The largest absolute Gasteiger partial charge is 0.494 e. The van der Waals surface area contributed by atoms with Crippen molar-refractivity contribution in [1.82, 2.24) is 4.68 Å².